The Morgan fingerprint density at radius 3 is 2.30 bits per heavy atom. The Labute approximate surface area is 174 Å². The summed E-state index contributed by atoms with van der Waals surface area (Å²) in [7, 11) is -3.85. The van der Waals surface area contributed by atoms with Gasteiger partial charge in [0.2, 0.25) is 15.9 Å². The van der Waals surface area contributed by atoms with Crippen LogP contribution in [-0.2, 0) is 10.0 Å². The number of hydrogen-bond acceptors (Lipinski definition) is 5. The van der Waals surface area contributed by atoms with Crippen LogP contribution in [0.25, 0.3) is 22.4 Å². The molecule has 0 aliphatic rings. The van der Waals surface area contributed by atoms with E-state index in [1.807, 2.05) is 6.92 Å². The van der Waals surface area contributed by atoms with Gasteiger partial charge >= 0.3 is 0 Å². The van der Waals surface area contributed by atoms with Crippen LogP contribution in [0.5, 0.6) is 5.88 Å². The van der Waals surface area contributed by atoms with Gasteiger partial charge in [-0.2, -0.15) is 5.26 Å². The molecule has 0 fully saturated rings. The van der Waals surface area contributed by atoms with E-state index in [1.165, 1.54) is 24.3 Å². The van der Waals surface area contributed by atoms with Crippen molar-refractivity contribution in [3.63, 3.8) is 0 Å². The standard InChI is InChI=1S/C22H20FN3O3S/c1-2-3-12-29-20-13-17(14-24)21(15-6-10-19(11-7-15)30(25,27)28)22(26-20)16-4-8-18(23)9-5-16/h4-11,13H,2-3,12H2,1H3,(H2,25,27,28). The third-order valence-corrected chi connectivity index (χ3v) is 5.38. The molecule has 8 heteroatoms. The van der Waals surface area contributed by atoms with E-state index in [9.17, 15) is 18.1 Å². The average Bonchev–Trinajstić information content (AvgIpc) is 2.73. The summed E-state index contributed by atoms with van der Waals surface area (Å²) in [6.45, 7) is 2.50. The molecule has 6 nitrogen and oxygen atoms in total. The van der Waals surface area contributed by atoms with Gasteiger partial charge in [0, 0.05) is 17.2 Å². The number of unbranched alkanes of at least 4 members (excludes halogenated alkanes) is 1. The molecule has 1 heterocycles. The molecule has 0 bridgehead atoms. The number of pyridine rings is 1. The quantitative estimate of drug-likeness (QED) is 0.570. The van der Waals surface area contributed by atoms with E-state index in [0.717, 1.165) is 12.8 Å². The van der Waals surface area contributed by atoms with E-state index in [0.29, 0.717) is 40.4 Å². The van der Waals surface area contributed by atoms with Crippen molar-refractivity contribution in [3.8, 4) is 34.3 Å². The Morgan fingerprint density at radius 1 is 1.10 bits per heavy atom. The summed E-state index contributed by atoms with van der Waals surface area (Å²) in [5, 5.41) is 14.9. The Hall–Kier alpha value is -3.28. The molecule has 0 atom stereocenters. The third kappa shape index (κ3) is 4.82. The number of nitriles is 1. The molecule has 3 aromatic rings. The summed E-state index contributed by atoms with van der Waals surface area (Å²) >= 11 is 0. The monoisotopic (exact) mass is 425 g/mol. The fourth-order valence-electron chi connectivity index (χ4n) is 2.92. The highest BCUT2D eigenvalue weighted by Gasteiger charge is 2.18. The van der Waals surface area contributed by atoms with Gasteiger partial charge in [0.1, 0.15) is 11.9 Å². The molecule has 0 saturated carbocycles. The molecule has 154 valence electrons. The number of halogens is 1. The van der Waals surface area contributed by atoms with Gasteiger partial charge in [-0.25, -0.2) is 22.9 Å². The lowest BCUT2D eigenvalue weighted by Gasteiger charge is -2.14. The highest BCUT2D eigenvalue weighted by Crippen LogP contribution is 2.36. The summed E-state index contributed by atoms with van der Waals surface area (Å²) in [4.78, 5) is 4.52. The summed E-state index contributed by atoms with van der Waals surface area (Å²) in [6, 6.07) is 15.3. The first-order chi connectivity index (χ1) is 14.3. The average molecular weight is 425 g/mol. The van der Waals surface area contributed by atoms with Crippen molar-refractivity contribution < 1.29 is 17.5 Å². The minimum Gasteiger partial charge on any atom is -0.478 e. The first-order valence-corrected chi connectivity index (χ1v) is 10.8. The summed E-state index contributed by atoms with van der Waals surface area (Å²) in [5.41, 5.74) is 2.40. The lowest BCUT2D eigenvalue weighted by molar-refractivity contribution is 0.298. The van der Waals surface area contributed by atoms with E-state index < -0.39 is 15.8 Å². The zero-order chi connectivity index (χ0) is 21.7. The van der Waals surface area contributed by atoms with Gasteiger partial charge in [0.15, 0.2) is 0 Å². The van der Waals surface area contributed by atoms with E-state index in [2.05, 4.69) is 11.1 Å². The van der Waals surface area contributed by atoms with Crippen molar-refractivity contribution in [3.05, 3.63) is 66.0 Å². The van der Waals surface area contributed by atoms with Gasteiger partial charge in [-0.3, -0.25) is 0 Å². The lowest BCUT2D eigenvalue weighted by atomic mass is 9.95. The summed E-state index contributed by atoms with van der Waals surface area (Å²) < 4.78 is 42.3. The molecular weight excluding hydrogens is 405 g/mol. The topological polar surface area (TPSA) is 106 Å². The smallest absolute Gasteiger partial charge is 0.238 e. The SMILES string of the molecule is CCCCOc1cc(C#N)c(-c2ccc(S(N)(=O)=O)cc2)c(-c2ccc(F)cc2)n1. The largest absolute Gasteiger partial charge is 0.478 e. The fourth-order valence-corrected chi connectivity index (χ4v) is 3.44. The number of nitrogens with two attached hydrogens (primary N) is 1. The molecule has 0 aliphatic heterocycles. The highest BCUT2D eigenvalue weighted by molar-refractivity contribution is 7.89. The van der Waals surface area contributed by atoms with E-state index in [-0.39, 0.29) is 4.90 Å². The Kier molecular flexibility index (Phi) is 6.45. The van der Waals surface area contributed by atoms with Gasteiger partial charge < -0.3 is 4.74 Å². The molecule has 1 aromatic heterocycles. The van der Waals surface area contributed by atoms with Crippen LogP contribution >= 0.6 is 0 Å². The molecule has 0 unspecified atom stereocenters. The molecular formula is C22H20FN3O3S. The van der Waals surface area contributed by atoms with Gasteiger partial charge in [-0.15, -0.1) is 0 Å². The van der Waals surface area contributed by atoms with Crippen molar-refractivity contribution in [1.29, 1.82) is 5.26 Å². The van der Waals surface area contributed by atoms with Crippen LogP contribution in [0.4, 0.5) is 4.39 Å². The molecule has 0 spiro atoms. The predicted octanol–water partition coefficient (Wildman–Crippen LogP) is 4.25. The minimum absolute atomic E-state index is 0.0411. The van der Waals surface area contributed by atoms with E-state index in [1.54, 1.807) is 30.3 Å². The van der Waals surface area contributed by atoms with Crippen LogP contribution in [0.2, 0.25) is 0 Å². The molecule has 2 N–H and O–H groups in total. The van der Waals surface area contributed by atoms with Crippen molar-refractivity contribution in [2.24, 2.45) is 5.14 Å². The Morgan fingerprint density at radius 2 is 1.73 bits per heavy atom. The van der Waals surface area contributed by atoms with Crippen molar-refractivity contribution in [2.75, 3.05) is 6.61 Å². The number of sulfonamides is 1. The molecule has 0 aliphatic carbocycles. The van der Waals surface area contributed by atoms with Gasteiger partial charge in [-0.1, -0.05) is 25.5 Å². The maximum atomic E-state index is 13.4. The number of rotatable bonds is 7. The summed E-state index contributed by atoms with van der Waals surface area (Å²) in [6.07, 6.45) is 1.79. The lowest BCUT2D eigenvalue weighted by Crippen LogP contribution is -2.11. The number of ether oxygens (including phenoxy) is 1. The second-order valence-corrected chi connectivity index (χ2v) is 8.18. The summed E-state index contributed by atoms with van der Waals surface area (Å²) in [5.74, 6) is -0.0992. The maximum Gasteiger partial charge on any atom is 0.238 e. The normalized spacial score (nSPS) is 11.1. The zero-order valence-corrected chi connectivity index (χ0v) is 17.1. The minimum atomic E-state index is -3.85. The molecule has 2 aromatic carbocycles. The Balaban J connectivity index is 2.19. The highest BCUT2D eigenvalue weighted by atomic mass is 32.2. The number of aromatic nitrogens is 1. The number of primary sulfonamides is 1. The molecule has 0 saturated heterocycles. The van der Waals surface area contributed by atoms with Gasteiger partial charge in [0.25, 0.3) is 0 Å². The van der Waals surface area contributed by atoms with Crippen LogP contribution < -0.4 is 9.88 Å². The van der Waals surface area contributed by atoms with E-state index in [4.69, 9.17) is 9.88 Å². The van der Waals surface area contributed by atoms with Crippen LogP contribution in [-0.4, -0.2) is 20.0 Å². The van der Waals surface area contributed by atoms with Crippen LogP contribution in [0.1, 0.15) is 25.3 Å². The van der Waals surface area contributed by atoms with Crippen molar-refractivity contribution >= 4 is 10.0 Å². The van der Waals surface area contributed by atoms with Crippen LogP contribution in [0.3, 0.4) is 0 Å². The molecule has 3 rings (SSSR count). The molecule has 30 heavy (non-hydrogen) atoms. The Bertz CT molecular complexity index is 1190. The van der Waals surface area contributed by atoms with Crippen molar-refractivity contribution in [2.45, 2.75) is 24.7 Å². The van der Waals surface area contributed by atoms with Gasteiger partial charge in [-0.05, 0) is 48.4 Å². The fraction of sp³-hybridized carbons (Fsp3) is 0.182. The number of nitrogens with zero attached hydrogens (tertiary/aromatic N) is 2. The van der Waals surface area contributed by atoms with Gasteiger partial charge in [0.05, 0.1) is 22.8 Å². The molecule has 0 radical (unpaired) electrons. The van der Waals surface area contributed by atoms with E-state index >= 15 is 0 Å². The van der Waals surface area contributed by atoms with Crippen LogP contribution in [0, 0.1) is 17.1 Å². The number of hydrogen-bond donors (Lipinski definition) is 1. The first kappa shape index (κ1) is 21.4. The zero-order valence-electron chi connectivity index (χ0n) is 16.3. The number of benzene rings is 2. The van der Waals surface area contributed by atoms with Crippen LogP contribution in [0.15, 0.2) is 59.5 Å². The maximum absolute atomic E-state index is 13.4. The molecule has 0 amide bonds. The third-order valence-electron chi connectivity index (χ3n) is 4.45. The van der Waals surface area contributed by atoms with Crippen molar-refractivity contribution in [1.82, 2.24) is 4.98 Å². The second kappa shape index (κ2) is 9.03. The second-order valence-electron chi connectivity index (χ2n) is 6.62. The first-order valence-electron chi connectivity index (χ1n) is 9.30. The predicted molar refractivity (Wildman–Crippen MR) is 112 cm³/mol.